The minimum atomic E-state index is 0.304. The standard InChI is InChI=1S/C14H21NO/c1-2-12-4-5-13-6-8-15(7-3-9-16)11-14(13)10-12/h4-5,10,16H,2-3,6-9,11H2,1H3. The van der Waals surface area contributed by atoms with Gasteiger partial charge < -0.3 is 5.11 Å². The molecule has 1 aromatic carbocycles. The number of hydrogen-bond acceptors (Lipinski definition) is 2. The minimum absolute atomic E-state index is 0.304. The van der Waals surface area contributed by atoms with Crippen molar-refractivity contribution in [3.05, 3.63) is 34.9 Å². The Bertz CT molecular complexity index is 349. The predicted molar refractivity (Wildman–Crippen MR) is 66.5 cm³/mol. The summed E-state index contributed by atoms with van der Waals surface area (Å²) >= 11 is 0. The molecule has 1 aliphatic rings. The molecule has 1 aliphatic heterocycles. The minimum Gasteiger partial charge on any atom is -0.396 e. The number of rotatable bonds is 4. The smallest absolute Gasteiger partial charge is 0.0443 e. The zero-order valence-corrected chi connectivity index (χ0v) is 10.1. The highest BCUT2D eigenvalue weighted by atomic mass is 16.3. The van der Waals surface area contributed by atoms with Crippen LogP contribution in [0.15, 0.2) is 18.2 Å². The van der Waals surface area contributed by atoms with E-state index in [1.54, 1.807) is 0 Å². The first kappa shape index (κ1) is 11.6. The lowest BCUT2D eigenvalue weighted by Gasteiger charge is -2.28. The number of benzene rings is 1. The molecule has 0 fully saturated rings. The Morgan fingerprint density at radius 1 is 1.31 bits per heavy atom. The molecular weight excluding hydrogens is 198 g/mol. The van der Waals surface area contributed by atoms with Crippen LogP contribution in [0.5, 0.6) is 0 Å². The SMILES string of the molecule is CCc1ccc2c(c1)CN(CCCO)CC2. The van der Waals surface area contributed by atoms with E-state index in [4.69, 9.17) is 5.11 Å². The quantitative estimate of drug-likeness (QED) is 0.837. The molecule has 2 rings (SSSR count). The summed E-state index contributed by atoms with van der Waals surface area (Å²) in [5.41, 5.74) is 4.43. The van der Waals surface area contributed by atoms with E-state index in [0.29, 0.717) is 6.61 Å². The topological polar surface area (TPSA) is 23.5 Å². The van der Waals surface area contributed by atoms with Gasteiger partial charge in [0.05, 0.1) is 0 Å². The maximum absolute atomic E-state index is 8.85. The van der Waals surface area contributed by atoms with E-state index in [-0.39, 0.29) is 0 Å². The van der Waals surface area contributed by atoms with E-state index in [0.717, 1.165) is 38.9 Å². The van der Waals surface area contributed by atoms with Crippen LogP contribution in [0.1, 0.15) is 30.0 Å². The number of nitrogens with zero attached hydrogens (tertiary/aromatic N) is 1. The van der Waals surface area contributed by atoms with Crippen LogP contribution in [0.4, 0.5) is 0 Å². The zero-order chi connectivity index (χ0) is 11.4. The molecule has 2 nitrogen and oxygen atoms in total. The first-order chi connectivity index (χ1) is 7.83. The summed E-state index contributed by atoms with van der Waals surface area (Å²) in [5.74, 6) is 0. The van der Waals surface area contributed by atoms with E-state index < -0.39 is 0 Å². The average molecular weight is 219 g/mol. The van der Waals surface area contributed by atoms with Gasteiger partial charge >= 0.3 is 0 Å². The second kappa shape index (κ2) is 5.46. The zero-order valence-electron chi connectivity index (χ0n) is 10.1. The maximum atomic E-state index is 8.85. The second-order valence-electron chi connectivity index (χ2n) is 4.56. The lowest BCUT2D eigenvalue weighted by Crippen LogP contribution is -2.31. The number of aliphatic hydroxyl groups excluding tert-OH is 1. The summed E-state index contributed by atoms with van der Waals surface area (Å²) in [6.07, 6.45) is 3.16. The van der Waals surface area contributed by atoms with Crippen LogP contribution in [0.3, 0.4) is 0 Å². The highest BCUT2D eigenvalue weighted by Gasteiger charge is 2.15. The molecule has 0 aliphatic carbocycles. The van der Waals surface area contributed by atoms with E-state index in [2.05, 4.69) is 30.0 Å². The van der Waals surface area contributed by atoms with Crippen molar-refractivity contribution in [3.8, 4) is 0 Å². The summed E-state index contributed by atoms with van der Waals surface area (Å²) in [6, 6.07) is 6.89. The molecular formula is C14H21NO. The molecule has 0 bridgehead atoms. The Morgan fingerprint density at radius 3 is 2.94 bits per heavy atom. The van der Waals surface area contributed by atoms with Crippen molar-refractivity contribution in [2.24, 2.45) is 0 Å². The Hall–Kier alpha value is -0.860. The lowest BCUT2D eigenvalue weighted by molar-refractivity contribution is 0.212. The molecule has 0 amide bonds. The maximum Gasteiger partial charge on any atom is 0.0443 e. The van der Waals surface area contributed by atoms with Gasteiger partial charge in [0.15, 0.2) is 0 Å². The molecule has 88 valence electrons. The molecule has 1 aromatic rings. The normalized spacial score (nSPS) is 16.1. The Kier molecular flexibility index (Phi) is 3.97. The van der Waals surface area contributed by atoms with E-state index in [9.17, 15) is 0 Å². The van der Waals surface area contributed by atoms with E-state index >= 15 is 0 Å². The Labute approximate surface area is 97.9 Å². The summed E-state index contributed by atoms with van der Waals surface area (Å²) in [6.45, 7) is 5.72. The average Bonchev–Trinajstić information content (AvgIpc) is 2.35. The molecule has 16 heavy (non-hydrogen) atoms. The van der Waals surface area contributed by atoms with Crippen LogP contribution in [0, 0.1) is 0 Å². The van der Waals surface area contributed by atoms with Crippen molar-refractivity contribution in [3.63, 3.8) is 0 Å². The van der Waals surface area contributed by atoms with Crippen molar-refractivity contribution in [2.45, 2.75) is 32.7 Å². The summed E-state index contributed by atoms with van der Waals surface area (Å²) < 4.78 is 0. The van der Waals surface area contributed by atoms with E-state index in [1.807, 2.05) is 0 Å². The van der Waals surface area contributed by atoms with Crippen molar-refractivity contribution in [2.75, 3.05) is 19.7 Å². The molecule has 1 N–H and O–H groups in total. The first-order valence-electron chi connectivity index (χ1n) is 6.27. The summed E-state index contributed by atoms with van der Waals surface area (Å²) in [7, 11) is 0. The third-order valence-corrected chi connectivity index (χ3v) is 3.40. The van der Waals surface area contributed by atoms with Gasteiger partial charge in [-0.15, -0.1) is 0 Å². The molecule has 0 saturated heterocycles. The molecule has 0 aromatic heterocycles. The van der Waals surface area contributed by atoms with Gasteiger partial charge in [0, 0.05) is 26.2 Å². The number of hydrogen-bond donors (Lipinski definition) is 1. The highest BCUT2D eigenvalue weighted by molar-refractivity contribution is 5.33. The number of fused-ring (bicyclic) bond motifs is 1. The number of aliphatic hydroxyl groups is 1. The van der Waals surface area contributed by atoms with Gasteiger partial charge in [-0.2, -0.15) is 0 Å². The fourth-order valence-corrected chi connectivity index (χ4v) is 2.37. The van der Waals surface area contributed by atoms with Gasteiger partial charge in [0.1, 0.15) is 0 Å². The van der Waals surface area contributed by atoms with Crippen molar-refractivity contribution in [1.29, 1.82) is 0 Å². The van der Waals surface area contributed by atoms with Gasteiger partial charge in [-0.3, -0.25) is 4.90 Å². The first-order valence-corrected chi connectivity index (χ1v) is 6.27. The highest BCUT2D eigenvalue weighted by Crippen LogP contribution is 2.20. The fourth-order valence-electron chi connectivity index (χ4n) is 2.37. The molecule has 0 atom stereocenters. The Morgan fingerprint density at radius 2 is 2.19 bits per heavy atom. The lowest BCUT2D eigenvalue weighted by atomic mass is 9.96. The van der Waals surface area contributed by atoms with Gasteiger partial charge in [0.25, 0.3) is 0 Å². The molecule has 0 spiro atoms. The van der Waals surface area contributed by atoms with Crippen LogP contribution < -0.4 is 0 Å². The molecule has 2 heteroatoms. The third-order valence-electron chi connectivity index (χ3n) is 3.40. The van der Waals surface area contributed by atoms with Crippen molar-refractivity contribution >= 4 is 0 Å². The summed E-state index contributed by atoms with van der Waals surface area (Å²) in [5, 5.41) is 8.85. The van der Waals surface area contributed by atoms with Crippen LogP contribution >= 0.6 is 0 Å². The number of aryl methyl sites for hydroxylation is 1. The predicted octanol–water partition coefficient (Wildman–Crippen LogP) is 1.99. The van der Waals surface area contributed by atoms with Crippen molar-refractivity contribution in [1.82, 2.24) is 4.90 Å². The van der Waals surface area contributed by atoms with Gasteiger partial charge in [-0.1, -0.05) is 25.1 Å². The second-order valence-corrected chi connectivity index (χ2v) is 4.56. The van der Waals surface area contributed by atoms with Crippen molar-refractivity contribution < 1.29 is 5.11 Å². The van der Waals surface area contributed by atoms with Crippen LogP contribution in [-0.4, -0.2) is 29.7 Å². The van der Waals surface area contributed by atoms with Crippen LogP contribution in [0.25, 0.3) is 0 Å². The van der Waals surface area contributed by atoms with Crippen LogP contribution in [0.2, 0.25) is 0 Å². The Balaban J connectivity index is 2.06. The van der Waals surface area contributed by atoms with E-state index in [1.165, 1.54) is 16.7 Å². The molecule has 0 unspecified atom stereocenters. The molecule has 0 saturated carbocycles. The fraction of sp³-hybridized carbons (Fsp3) is 0.571. The van der Waals surface area contributed by atoms with Gasteiger partial charge in [-0.05, 0) is 36.0 Å². The monoisotopic (exact) mass is 219 g/mol. The van der Waals surface area contributed by atoms with Crippen LogP contribution in [-0.2, 0) is 19.4 Å². The largest absolute Gasteiger partial charge is 0.396 e. The van der Waals surface area contributed by atoms with Gasteiger partial charge in [-0.25, -0.2) is 0 Å². The summed E-state index contributed by atoms with van der Waals surface area (Å²) in [4.78, 5) is 2.44. The van der Waals surface area contributed by atoms with Gasteiger partial charge in [0.2, 0.25) is 0 Å². The molecule has 0 radical (unpaired) electrons. The molecule has 1 heterocycles. The third kappa shape index (κ3) is 2.63.